The topological polar surface area (TPSA) is 49.4 Å². The van der Waals surface area contributed by atoms with Crippen molar-refractivity contribution in [2.24, 2.45) is 0 Å². The average molecular weight is 278 g/mol. The Morgan fingerprint density at radius 3 is 2.45 bits per heavy atom. The Balaban J connectivity index is 1.67. The minimum atomic E-state index is -0.314. The summed E-state index contributed by atoms with van der Waals surface area (Å²) in [5.41, 5.74) is 0.759. The number of hydrogen-bond acceptors (Lipinski definition) is 2. The van der Waals surface area contributed by atoms with Crippen LogP contribution >= 0.6 is 0 Å². The molecule has 1 aliphatic heterocycles. The van der Waals surface area contributed by atoms with Gasteiger partial charge in [-0.3, -0.25) is 9.59 Å². The molecule has 1 fully saturated rings. The van der Waals surface area contributed by atoms with E-state index in [0.717, 1.165) is 31.5 Å². The maximum absolute atomic E-state index is 12.7. The predicted molar refractivity (Wildman–Crippen MR) is 73.5 cm³/mol. The number of nitrogens with one attached hydrogen (secondary N) is 1. The fourth-order valence-electron chi connectivity index (χ4n) is 2.28. The number of carbonyl (C=O) groups excluding carboxylic acids is 2. The second-order valence-corrected chi connectivity index (χ2v) is 4.99. The minimum absolute atomic E-state index is 0.101. The van der Waals surface area contributed by atoms with E-state index in [-0.39, 0.29) is 24.1 Å². The first-order valence-electron chi connectivity index (χ1n) is 6.94. The standard InChI is InChI=1S/C15H19FN2O2/c16-13-5-3-12(4-6-13)11-14(19)17-8-7-15(20)18-9-1-2-10-18/h3-6H,1-2,7-11H2,(H,17,19). The molecule has 1 aromatic rings. The van der Waals surface area contributed by atoms with Gasteiger partial charge in [0.25, 0.3) is 0 Å². The predicted octanol–water partition coefficient (Wildman–Crippen LogP) is 1.50. The maximum atomic E-state index is 12.7. The molecule has 1 aliphatic rings. The molecule has 0 spiro atoms. The summed E-state index contributed by atoms with van der Waals surface area (Å²) in [6.07, 6.45) is 2.69. The van der Waals surface area contributed by atoms with Gasteiger partial charge in [0.1, 0.15) is 5.82 Å². The number of carbonyl (C=O) groups is 2. The summed E-state index contributed by atoms with van der Waals surface area (Å²) >= 11 is 0. The van der Waals surface area contributed by atoms with Crippen molar-refractivity contribution >= 4 is 11.8 Å². The van der Waals surface area contributed by atoms with Crippen LogP contribution < -0.4 is 5.32 Å². The molecule has 0 aromatic heterocycles. The number of rotatable bonds is 5. The summed E-state index contributed by atoms with van der Waals surface area (Å²) < 4.78 is 12.7. The van der Waals surface area contributed by atoms with E-state index in [9.17, 15) is 14.0 Å². The van der Waals surface area contributed by atoms with Crippen molar-refractivity contribution in [1.82, 2.24) is 10.2 Å². The Bertz CT molecular complexity index is 467. The van der Waals surface area contributed by atoms with E-state index >= 15 is 0 Å². The maximum Gasteiger partial charge on any atom is 0.224 e. The minimum Gasteiger partial charge on any atom is -0.355 e. The fraction of sp³-hybridized carbons (Fsp3) is 0.467. The molecule has 0 atom stereocenters. The summed E-state index contributed by atoms with van der Waals surface area (Å²) in [7, 11) is 0. The summed E-state index contributed by atoms with van der Waals surface area (Å²) in [5.74, 6) is -0.360. The van der Waals surface area contributed by atoms with E-state index in [1.54, 1.807) is 12.1 Å². The molecular formula is C15H19FN2O2. The Morgan fingerprint density at radius 1 is 1.15 bits per heavy atom. The number of amides is 2. The van der Waals surface area contributed by atoms with Crippen molar-refractivity contribution < 1.29 is 14.0 Å². The van der Waals surface area contributed by atoms with Gasteiger partial charge < -0.3 is 10.2 Å². The van der Waals surface area contributed by atoms with Gasteiger partial charge in [-0.1, -0.05) is 12.1 Å². The zero-order chi connectivity index (χ0) is 14.4. The summed E-state index contributed by atoms with van der Waals surface area (Å²) in [6.45, 7) is 2.03. The quantitative estimate of drug-likeness (QED) is 0.887. The number of benzene rings is 1. The molecule has 0 bridgehead atoms. The van der Waals surface area contributed by atoms with Crippen LogP contribution in [0.3, 0.4) is 0 Å². The number of nitrogens with zero attached hydrogens (tertiary/aromatic N) is 1. The van der Waals surface area contributed by atoms with E-state index in [0.29, 0.717) is 13.0 Å². The smallest absolute Gasteiger partial charge is 0.224 e. The van der Waals surface area contributed by atoms with E-state index in [1.807, 2.05) is 4.90 Å². The SMILES string of the molecule is O=C(Cc1ccc(F)cc1)NCCC(=O)N1CCCC1. The average Bonchev–Trinajstić information content (AvgIpc) is 2.95. The lowest BCUT2D eigenvalue weighted by molar-refractivity contribution is -0.130. The van der Waals surface area contributed by atoms with E-state index in [4.69, 9.17) is 0 Å². The van der Waals surface area contributed by atoms with Gasteiger partial charge in [0.15, 0.2) is 0 Å². The zero-order valence-corrected chi connectivity index (χ0v) is 11.4. The van der Waals surface area contributed by atoms with Gasteiger partial charge >= 0.3 is 0 Å². The second kappa shape index (κ2) is 7.03. The molecule has 1 aromatic carbocycles. The molecular weight excluding hydrogens is 259 g/mol. The lowest BCUT2D eigenvalue weighted by atomic mass is 10.1. The molecule has 0 radical (unpaired) electrons. The molecule has 5 heteroatoms. The van der Waals surface area contributed by atoms with E-state index in [1.165, 1.54) is 12.1 Å². The first-order valence-corrected chi connectivity index (χ1v) is 6.94. The van der Waals surface area contributed by atoms with E-state index in [2.05, 4.69) is 5.32 Å². The van der Waals surface area contributed by atoms with Crippen LogP contribution in [-0.2, 0) is 16.0 Å². The van der Waals surface area contributed by atoms with E-state index < -0.39 is 0 Å². The Morgan fingerprint density at radius 2 is 1.80 bits per heavy atom. The van der Waals surface area contributed by atoms with Crippen LogP contribution in [0.1, 0.15) is 24.8 Å². The van der Waals surface area contributed by atoms with Crippen LogP contribution in [-0.4, -0.2) is 36.3 Å². The number of halogens is 1. The number of likely N-dealkylation sites (tertiary alicyclic amines) is 1. The van der Waals surface area contributed by atoms with Crippen molar-refractivity contribution in [3.63, 3.8) is 0 Å². The molecule has 0 saturated carbocycles. The van der Waals surface area contributed by atoms with Crippen LogP contribution in [0, 0.1) is 5.82 Å². The molecule has 0 unspecified atom stereocenters. The monoisotopic (exact) mass is 278 g/mol. The summed E-state index contributed by atoms with van der Waals surface area (Å²) in [5, 5.41) is 2.72. The molecule has 20 heavy (non-hydrogen) atoms. The van der Waals surface area contributed by atoms with Gasteiger partial charge in [0, 0.05) is 26.1 Å². The fourth-order valence-corrected chi connectivity index (χ4v) is 2.28. The zero-order valence-electron chi connectivity index (χ0n) is 11.4. The number of hydrogen-bond donors (Lipinski definition) is 1. The highest BCUT2D eigenvalue weighted by atomic mass is 19.1. The molecule has 2 rings (SSSR count). The molecule has 0 aliphatic carbocycles. The van der Waals surface area contributed by atoms with Gasteiger partial charge in [-0.2, -0.15) is 0 Å². The highest BCUT2D eigenvalue weighted by Gasteiger charge is 2.17. The van der Waals surface area contributed by atoms with Crippen molar-refractivity contribution in [2.45, 2.75) is 25.7 Å². The van der Waals surface area contributed by atoms with Crippen molar-refractivity contribution in [3.8, 4) is 0 Å². The van der Waals surface area contributed by atoms with Gasteiger partial charge in [0.05, 0.1) is 6.42 Å². The largest absolute Gasteiger partial charge is 0.355 e. The highest BCUT2D eigenvalue weighted by Crippen LogP contribution is 2.08. The van der Waals surface area contributed by atoms with Gasteiger partial charge in [-0.05, 0) is 30.5 Å². The summed E-state index contributed by atoms with van der Waals surface area (Å²) in [6, 6.07) is 5.84. The van der Waals surface area contributed by atoms with Gasteiger partial charge in [-0.25, -0.2) is 4.39 Å². The van der Waals surface area contributed by atoms with Crippen molar-refractivity contribution in [2.75, 3.05) is 19.6 Å². The molecule has 108 valence electrons. The first-order chi connectivity index (χ1) is 9.65. The third-order valence-corrected chi connectivity index (χ3v) is 3.40. The normalized spacial score (nSPS) is 14.3. The molecule has 4 nitrogen and oxygen atoms in total. The Kier molecular flexibility index (Phi) is 5.09. The van der Waals surface area contributed by atoms with Crippen LogP contribution in [0.5, 0.6) is 0 Å². The van der Waals surface area contributed by atoms with Crippen molar-refractivity contribution in [1.29, 1.82) is 0 Å². The first kappa shape index (κ1) is 14.5. The molecule has 2 amide bonds. The van der Waals surface area contributed by atoms with Crippen LogP contribution in [0.4, 0.5) is 4.39 Å². The lowest BCUT2D eigenvalue weighted by Gasteiger charge is -2.15. The second-order valence-electron chi connectivity index (χ2n) is 4.99. The third kappa shape index (κ3) is 4.33. The van der Waals surface area contributed by atoms with Crippen LogP contribution in [0.15, 0.2) is 24.3 Å². The lowest BCUT2D eigenvalue weighted by Crippen LogP contribution is -2.33. The highest BCUT2D eigenvalue weighted by molar-refractivity contribution is 5.80. The molecule has 1 heterocycles. The molecule has 1 saturated heterocycles. The van der Waals surface area contributed by atoms with Crippen LogP contribution in [0.2, 0.25) is 0 Å². The third-order valence-electron chi connectivity index (χ3n) is 3.40. The van der Waals surface area contributed by atoms with Crippen LogP contribution in [0.25, 0.3) is 0 Å². The van der Waals surface area contributed by atoms with Crippen molar-refractivity contribution in [3.05, 3.63) is 35.6 Å². The summed E-state index contributed by atoms with van der Waals surface area (Å²) in [4.78, 5) is 25.3. The Labute approximate surface area is 118 Å². The van der Waals surface area contributed by atoms with Gasteiger partial charge in [0.2, 0.25) is 11.8 Å². The van der Waals surface area contributed by atoms with Gasteiger partial charge in [-0.15, -0.1) is 0 Å². The molecule has 1 N–H and O–H groups in total. The Hall–Kier alpha value is -1.91.